The Morgan fingerprint density at radius 1 is 0.682 bits per heavy atom. The molecule has 0 spiro atoms. The molecule has 1 aromatic rings. The molecule has 0 atom stereocenters. The monoisotopic (exact) mass is 298 g/mol. The molecule has 2 heteroatoms. The second-order valence-electron chi connectivity index (χ2n) is 7.52. The minimum absolute atomic E-state index is 0.545. The van der Waals surface area contributed by atoms with Crippen LogP contribution in [0.25, 0.3) is 0 Å². The van der Waals surface area contributed by atoms with E-state index in [1.807, 2.05) is 0 Å². The average molecular weight is 298 g/mol. The predicted molar refractivity (Wildman–Crippen MR) is 94.6 cm³/mol. The fraction of sp³-hybridized carbons (Fsp3) is 0.700. The van der Waals surface area contributed by atoms with Gasteiger partial charge in [0.05, 0.1) is 17.5 Å². The standard InChI is InChI=1S/C20H30N2/c1-16-21(17-10-4-2-5-11-17)19-14-8-9-15-20(19)22(16)18-12-6-3-7-13-18/h8-9,14-18H,2-7,10-13H2,1H3. The van der Waals surface area contributed by atoms with Crippen LogP contribution in [0.1, 0.15) is 71.1 Å². The maximum absolute atomic E-state index is 2.77. The Hall–Kier alpha value is -1.18. The summed E-state index contributed by atoms with van der Waals surface area (Å²) in [6.07, 6.45) is 14.6. The number of rotatable bonds is 2. The lowest BCUT2D eigenvalue weighted by Gasteiger charge is -2.41. The lowest BCUT2D eigenvalue weighted by atomic mass is 9.93. The molecule has 0 saturated heterocycles. The van der Waals surface area contributed by atoms with Crippen molar-refractivity contribution < 1.29 is 0 Å². The van der Waals surface area contributed by atoms with Crippen LogP contribution >= 0.6 is 0 Å². The van der Waals surface area contributed by atoms with Gasteiger partial charge >= 0.3 is 0 Å². The van der Waals surface area contributed by atoms with E-state index >= 15 is 0 Å². The SMILES string of the molecule is CC1N(C2CCCCC2)c2ccccc2N1C1CCCCC1. The summed E-state index contributed by atoms with van der Waals surface area (Å²) in [6, 6.07) is 10.7. The summed E-state index contributed by atoms with van der Waals surface area (Å²) in [5.74, 6) is 0. The largest absolute Gasteiger partial charge is 0.347 e. The molecule has 2 fully saturated rings. The maximum atomic E-state index is 2.77. The van der Waals surface area contributed by atoms with Gasteiger partial charge in [-0.05, 0) is 44.7 Å². The van der Waals surface area contributed by atoms with Gasteiger partial charge in [-0.25, -0.2) is 0 Å². The first-order valence-corrected chi connectivity index (χ1v) is 9.52. The normalized spacial score (nSPS) is 24.8. The van der Waals surface area contributed by atoms with E-state index in [0.29, 0.717) is 6.17 Å². The highest BCUT2D eigenvalue weighted by Crippen LogP contribution is 2.45. The molecule has 1 aromatic carbocycles. The lowest BCUT2D eigenvalue weighted by Crippen LogP contribution is -2.50. The smallest absolute Gasteiger partial charge is 0.0993 e. The molecule has 1 aliphatic heterocycles. The van der Waals surface area contributed by atoms with Crippen molar-refractivity contribution in [2.24, 2.45) is 0 Å². The van der Waals surface area contributed by atoms with E-state index < -0.39 is 0 Å². The number of para-hydroxylation sites is 2. The predicted octanol–water partition coefficient (Wildman–Crippen LogP) is 5.32. The number of anilines is 2. The molecule has 0 unspecified atom stereocenters. The van der Waals surface area contributed by atoms with E-state index in [2.05, 4.69) is 41.0 Å². The zero-order valence-corrected chi connectivity index (χ0v) is 14.0. The van der Waals surface area contributed by atoms with Gasteiger partial charge in [0.2, 0.25) is 0 Å². The van der Waals surface area contributed by atoms with E-state index in [-0.39, 0.29) is 0 Å². The number of hydrogen-bond donors (Lipinski definition) is 0. The zero-order valence-electron chi connectivity index (χ0n) is 14.0. The molecule has 1 heterocycles. The minimum Gasteiger partial charge on any atom is -0.347 e. The fourth-order valence-electron chi connectivity index (χ4n) is 5.16. The molecule has 3 aliphatic rings. The van der Waals surface area contributed by atoms with Crippen LogP contribution in [-0.2, 0) is 0 Å². The molecule has 0 amide bonds. The van der Waals surface area contributed by atoms with Gasteiger partial charge in [-0.15, -0.1) is 0 Å². The van der Waals surface area contributed by atoms with Crippen LogP contribution < -0.4 is 9.80 Å². The van der Waals surface area contributed by atoms with Crippen LogP contribution in [0, 0.1) is 0 Å². The van der Waals surface area contributed by atoms with E-state index in [9.17, 15) is 0 Å². The van der Waals surface area contributed by atoms with Crippen LogP contribution in [0.15, 0.2) is 24.3 Å². The van der Waals surface area contributed by atoms with Gasteiger partial charge in [0, 0.05) is 12.1 Å². The van der Waals surface area contributed by atoms with Gasteiger partial charge in [0.1, 0.15) is 0 Å². The number of fused-ring (bicyclic) bond motifs is 1. The Kier molecular flexibility index (Phi) is 4.02. The molecule has 2 aliphatic carbocycles. The van der Waals surface area contributed by atoms with Crippen molar-refractivity contribution >= 4 is 11.4 Å². The summed E-state index contributed by atoms with van der Waals surface area (Å²) in [6.45, 7) is 2.45. The summed E-state index contributed by atoms with van der Waals surface area (Å²) < 4.78 is 0. The summed E-state index contributed by atoms with van der Waals surface area (Å²) in [4.78, 5) is 5.53. The molecule has 120 valence electrons. The van der Waals surface area contributed by atoms with E-state index in [0.717, 1.165) is 12.1 Å². The first kappa shape index (κ1) is 14.4. The minimum atomic E-state index is 0.545. The van der Waals surface area contributed by atoms with Crippen LogP contribution in [0.4, 0.5) is 11.4 Å². The quantitative estimate of drug-likeness (QED) is 0.728. The van der Waals surface area contributed by atoms with Gasteiger partial charge < -0.3 is 9.80 Å². The Morgan fingerprint density at radius 2 is 1.09 bits per heavy atom. The Bertz CT molecular complexity index is 455. The van der Waals surface area contributed by atoms with Crippen LogP contribution in [-0.4, -0.2) is 18.2 Å². The maximum Gasteiger partial charge on any atom is 0.0993 e. The van der Waals surface area contributed by atoms with Crippen molar-refractivity contribution in [1.29, 1.82) is 0 Å². The molecular weight excluding hydrogens is 268 g/mol. The van der Waals surface area contributed by atoms with E-state index in [1.165, 1.54) is 75.6 Å². The lowest BCUT2D eigenvalue weighted by molar-refractivity contribution is 0.362. The number of nitrogens with zero attached hydrogens (tertiary/aromatic N) is 2. The highest BCUT2D eigenvalue weighted by Gasteiger charge is 2.40. The fourth-order valence-corrected chi connectivity index (χ4v) is 5.16. The van der Waals surface area contributed by atoms with Crippen LogP contribution in [0.5, 0.6) is 0 Å². The zero-order chi connectivity index (χ0) is 14.9. The molecule has 2 saturated carbocycles. The number of benzene rings is 1. The second-order valence-corrected chi connectivity index (χ2v) is 7.52. The van der Waals surface area contributed by atoms with Crippen molar-refractivity contribution in [2.75, 3.05) is 9.80 Å². The third-order valence-corrected chi connectivity index (χ3v) is 6.18. The third-order valence-electron chi connectivity index (χ3n) is 6.18. The molecule has 22 heavy (non-hydrogen) atoms. The summed E-state index contributed by atoms with van der Waals surface area (Å²) >= 11 is 0. The van der Waals surface area contributed by atoms with Crippen molar-refractivity contribution in [3.8, 4) is 0 Å². The van der Waals surface area contributed by atoms with Gasteiger partial charge in [0.15, 0.2) is 0 Å². The van der Waals surface area contributed by atoms with Crippen molar-refractivity contribution in [2.45, 2.75) is 89.4 Å². The Balaban J connectivity index is 1.66. The van der Waals surface area contributed by atoms with Crippen LogP contribution in [0.2, 0.25) is 0 Å². The highest BCUT2D eigenvalue weighted by atomic mass is 15.4. The van der Waals surface area contributed by atoms with Crippen LogP contribution in [0.3, 0.4) is 0 Å². The van der Waals surface area contributed by atoms with Gasteiger partial charge in [0.25, 0.3) is 0 Å². The first-order valence-electron chi connectivity index (χ1n) is 9.52. The second kappa shape index (κ2) is 6.14. The van der Waals surface area contributed by atoms with Crippen molar-refractivity contribution in [3.63, 3.8) is 0 Å². The molecule has 2 nitrogen and oxygen atoms in total. The Morgan fingerprint density at radius 3 is 1.50 bits per heavy atom. The molecule has 4 rings (SSSR count). The van der Waals surface area contributed by atoms with Crippen molar-refractivity contribution in [1.82, 2.24) is 0 Å². The van der Waals surface area contributed by atoms with Gasteiger partial charge in [-0.3, -0.25) is 0 Å². The van der Waals surface area contributed by atoms with E-state index in [1.54, 1.807) is 0 Å². The summed E-state index contributed by atoms with van der Waals surface area (Å²) in [5.41, 5.74) is 3.01. The van der Waals surface area contributed by atoms with E-state index in [4.69, 9.17) is 0 Å². The van der Waals surface area contributed by atoms with Gasteiger partial charge in [-0.2, -0.15) is 0 Å². The Labute approximate surface area is 135 Å². The summed E-state index contributed by atoms with van der Waals surface area (Å²) in [7, 11) is 0. The van der Waals surface area contributed by atoms with Crippen molar-refractivity contribution in [3.05, 3.63) is 24.3 Å². The average Bonchev–Trinajstić information content (AvgIpc) is 2.88. The molecular formula is C20H30N2. The summed E-state index contributed by atoms with van der Waals surface area (Å²) in [5, 5.41) is 0. The molecule has 0 bridgehead atoms. The topological polar surface area (TPSA) is 6.48 Å². The first-order chi connectivity index (χ1) is 10.9. The third kappa shape index (κ3) is 2.41. The molecule has 0 aromatic heterocycles. The number of hydrogen-bond acceptors (Lipinski definition) is 2. The highest BCUT2D eigenvalue weighted by molar-refractivity contribution is 5.78. The molecule has 0 radical (unpaired) electrons. The molecule has 0 N–H and O–H groups in total. The van der Waals surface area contributed by atoms with Gasteiger partial charge in [-0.1, -0.05) is 50.7 Å².